The summed E-state index contributed by atoms with van der Waals surface area (Å²) in [4.78, 5) is 37.3. The smallest absolute Gasteiger partial charge is 0.261 e. The average Bonchev–Trinajstić information content (AvgIpc) is 4.17. The molecule has 0 saturated heterocycles. The molecule has 4 rings (SSSR count). The number of nitrogens with zero attached hydrogens (tertiary/aromatic N) is 2. The second-order valence-corrected chi connectivity index (χ2v) is 28.0. The maximum absolute atomic E-state index is 15.5. The summed E-state index contributed by atoms with van der Waals surface area (Å²) in [5.74, 6) is 0.924. The predicted octanol–water partition coefficient (Wildman–Crippen LogP) is 23.6. The second kappa shape index (κ2) is 41.8. The third-order valence-electron chi connectivity index (χ3n) is 16.5. The van der Waals surface area contributed by atoms with E-state index in [-0.39, 0.29) is 11.8 Å². The Kier molecular flexibility index (Phi) is 36.9. The Morgan fingerprint density at radius 1 is 0.338 bits per heavy atom. The quantitative estimate of drug-likeness (QED) is 0.0620. The van der Waals surface area contributed by atoms with E-state index >= 15 is 9.59 Å². The molecule has 4 nitrogen and oxygen atoms in total. The van der Waals surface area contributed by atoms with Crippen LogP contribution in [-0.2, 0) is 9.59 Å². The monoisotopic (exact) mass is 1180 g/mol. The van der Waals surface area contributed by atoms with Crippen molar-refractivity contribution in [2.24, 2.45) is 11.8 Å². The van der Waals surface area contributed by atoms with Crippen molar-refractivity contribution in [3.8, 4) is 0 Å². The molecular formula is C66H110Br2N2O2S2. The van der Waals surface area contributed by atoms with Gasteiger partial charge < -0.3 is 9.80 Å². The Labute approximate surface area is 481 Å². The summed E-state index contributed by atoms with van der Waals surface area (Å²) < 4.78 is 2.07. The Hall–Kier alpha value is -1.22. The van der Waals surface area contributed by atoms with Crippen LogP contribution < -0.4 is 0 Å². The molecule has 422 valence electrons. The van der Waals surface area contributed by atoms with Crippen molar-refractivity contribution in [3.05, 3.63) is 52.7 Å². The fourth-order valence-corrected chi connectivity index (χ4v) is 14.9. The molecule has 0 aliphatic carbocycles. The molecule has 0 saturated carbocycles. The highest BCUT2D eigenvalue weighted by atomic mass is 79.9. The molecule has 2 unspecified atom stereocenters. The van der Waals surface area contributed by atoms with Gasteiger partial charge in [0.05, 0.1) is 39.9 Å². The van der Waals surface area contributed by atoms with Crippen molar-refractivity contribution in [1.82, 2.24) is 9.80 Å². The van der Waals surface area contributed by atoms with E-state index in [0.29, 0.717) is 36.1 Å². The normalized spacial score (nSPS) is 14.7. The van der Waals surface area contributed by atoms with E-state index in [1.165, 1.54) is 257 Å². The van der Waals surface area contributed by atoms with Gasteiger partial charge in [-0.15, -0.1) is 22.7 Å². The van der Waals surface area contributed by atoms with Crippen LogP contribution in [0.4, 0.5) is 0 Å². The maximum atomic E-state index is 15.5. The Bertz CT molecular complexity index is 1700. The summed E-state index contributed by atoms with van der Waals surface area (Å²) in [5.41, 5.74) is 3.07. The van der Waals surface area contributed by atoms with Gasteiger partial charge in [0.1, 0.15) is 0 Å². The zero-order chi connectivity index (χ0) is 52.9. The first kappa shape index (κ1) is 65.3. The molecular weight excluding hydrogens is 1080 g/mol. The highest BCUT2D eigenvalue weighted by Crippen LogP contribution is 2.50. The predicted molar refractivity (Wildman–Crippen MR) is 334 cm³/mol. The zero-order valence-corrected chi connectivity index (χ0v) is 53.1. The number of fused-ring (bicyclic) bond motifs is 1. The van der Waals surface area contributed by atoms with Gasteiger partial charge in [-0.25, -0.2) is 0 Å². The summed E-state index contributed by atoms with van der Waals surface area (Å²) in [6.07, 6.45) is 58.1. The van der Waals surface area contributed by atoms with Crippen molar-refractivity contribution >= 4 is 77.7 Å². The van der Waals surface area contributed by atoms with Gasteiger partial charge in [0.25, 0.3) is 11.8 Å². The second-order valence-electron chi connectivity index (χ2n) is 23.1. The third kappa shape index (κ3) is 25.3. The summed E-state index contributed by atoms with van der Waals surface area (Å²) in [6, 6.07) is 8.50. The highest BCUT2D eigenvalue weighted by Gasteiger charge is 2.50. The van der Waals surface area contributed by atoms with E-state index in [4.69, 9.17) is 0 Å². The van der Waals surface area contributed by atoms with Gasteiger partial charge in [-0.1, -0.05) is 285 Å². The van der Waals surface area contributed by atoms with Gasteiger partial charge in [0.15, 0.2) is 0 Å². The van der Waals surface area contributed by atoms with Crippen LogP contribution in [0.15, 0.2) is 43.0 Å². The van der Waals surface area contributed by atoms with Crippen LogP contribution in [0.25, 0.3) is 11.4 Å². The zero-order valence-electron chi connectivity index (χ0n) is 48.3. The Morgan fingerprint density at radius 2 is 0.554 bits per heavy atom. The van der Waals surface area contributed by atoms with Crippen LogP contribution in [0.3, 0.4) is 0 Å². The SMILES string of the molecule is CCCCCCCCCCCCCCC(CCCCCCCCCC)CN1C(=O)C2=C(c3ccc(Br)s3)N(CC(CCCCCCCCCC)CCCCCCCCCCCCCC)C(=O)C2=C1c1ccc(Br)s1. The van der Waals surface area contributed by atoms with Gasteiger partial charge >= 0.3 is 0 Å². The molecule has 0 N–H and O–H groups in total. The molecule has 0 spiro atoms. The lowest BCUT2D eigenvalue weighted by Gasteiger charge is -2.29. The lowest BCUT2D eigenvalue weighted by atomic mass is 9.93. The first-order valence-electron chi connectivity index (χ1n) is 32.0. The molecule has 2 aromatic rings. The molecule has 74 heavy (non-hydrogen) atoms. The van der Waals surface area contributed by atoms with Crippen molar-refractivity contribution < 1.29 is 9.59 Å². The van der Waals surface area contributed by atoms with Crippen LogP contribution >= 0.6 is 54.5 Å². The number of halogens is 2. The summed E-state index contributed by atoms with van der Waals surface area (Å²) in [7, 11) is 0. The fourth-order valence-electron chi connectivity index (χ4n) is 12.0. The standard InChI is InChI=1S/C66H110Br2N2O2S2/c1-5-9-13-17-21-25-27-29-31-35-39-43-47-55(45-41-37-33-23-19-15-11-7-3)53-69-63(57-49-51-59(67)73-57)61-62(65(69)71)64(58-50-52-60(68)74-58)70(66(61)72)54-56(46-42-38-34-24-20-16-12-8-4)48-44-40-36-32-30-28-26-22-18-14-10-6-2/h49-52,55-56H,5-48,53-54H2,1-4H3. The summed E-state index contributed by atoms with van der Waals surface area (Å²) in [5, 5.41) is 0. The minimum Gasteiger partial charge on any atom is -0.306 e. The molecule has 0 bridgehead atoms. The van der Waals surface area contributed by atoms with Gasteiger partial charge in [-0.05, 0) is 93.6 Å². The lowest BCUT2D eigenvalue weighted by Crippen LogP contribution is -2.34. The molecule has 0 fully saturated rings. The molecule has 0 radical (unpaired) electrons. The minimum absolute atomic E-state index is 0.0473. The number of rotatable bonds is 50. The Morgan fingerprint density at radius 3 is 0.757 bits per heavy atom. The molecule has 4 heterocycles. The van der Waals surface area contributed by atoms with Crippen molar-refractivity contribution in [1.29, 1.82) is 0 Å². The van der Waals surface area contributed by atoms with Crippen molar-refractivity contribution in [3.63, 3.8) is 0 Å². The van der Waals surface area contributed by atoms with Crippen molar-refractivity contribution in [2.45, 2.75) is 310 Å². The summed E-state index contributed by atoms with van der Waals surface area (Å²) >= 11 is 10.9. The van der Waals surface area contributed by atoms with E-state index in [1.54, 1.807) is 22.7 Å². The molecule has 0 aromatic carbocycles. The molecule has 2 amide bonds. The van der Waals surface area contributed by atoms with E-state index in [2.05, 4.69) is 93.6 Å². The van der Waals surface area contributed by atoms with Crippen molar-refractivity contribution in [2.75, 3.05) is 13.1 Å². The first-order valence-corrected chi connectivity index (χ1v) is 35.2. The highest BCUT2D eigenvalue weighted by molar-refractivity contribution is 9.11. The van der Waals surface area contributed by atoms with Crippen LogP contribution in [0, 0.1) is 11.8 Å². The molecule has 8 heteroatoms. The minimum atomic E-state index is 0.0473. The van der Waals surface area contributed by atoms with E-state index in [0.717, 1.165) is 54.4 Å². The largest absolute Gasteiger partial charge is 0.306 e. The number of carbonyl (C=O) groups excluding carboxylic acids is 2. The van der Waals surface area contributed by atoms with Gasteiger partial charge in [0.2, 0.25) is 0 Å². The van der Waals surface area contributed by atoms with Gasteiger partial charge in [-0.2, -0.15) is 0 Å². The molecule has 2 atom stereocenters. The van der Waals surface area contributed by atoms with Crippen LogP contribution in [-0.4, -0.2) is 34.7 Å². The fraction of sp³-hybridized carbons (Fsp3) is 0.788. The average molecular weight is 1190 g/mol. The van der Waals surface area contributed by atoms with E-state index in [9.17, 15) is 0 Å². The number of thiophene rings is 2. The number of unbranched alkanes of at least 4 members (excludes halogenated alkanes) is 36. The number of hydrogen-bond donors (Lipinski definition) is 0. The third-order valence-corrected chi connectivity index (χ3v) is 19.8. The topological polar surface area (TPSA) is 40.6 Å². The van der Waals surface area contributed by atoms with Crippen LogP contribution in [0.1, 0.15) is 320 Å². The molecule has 2 aliphatic rings. The van der Waals surface area contributed by atoms with Gasteiger partial charge in [-0.3, -0.25) is 9.59 Å². The summed E-state index contributed by atoms with van der Waals surface area (Å²) in [6.45, 7) is 10.6. The van der Waals surface area contributed by atoms with Gasteiger partial charge in [0, 0.05) is 13.1 Å². The van der Waals surface area contributed by atoms with E-state index < -0.39 is 0 Å². The number of amides is 2. The lowest BCUT2D eigenvalue weighted by molar-refractivity contribution is -0.124. The molecule has 2 aromatic heterocycles. The molecule has 2 aliphatic heterocycles. The number of hydrogen-bond acceptors (Lipinski definition) is 4. The Balaban J connectivity index is 1.52. The van der Waals surface area contributed by atoms with Crippen LogP contribution in [0.5, 0.6) is 0 Å². The van der Waals surface area contributed by atoms with E-state index in [1.807, 2.05) is 0 Å². The maximum Gasteiger partial charge on any atom is 0.261 e. The first-order chi connectivity index (χ1) is 36.3. The van der Waals surface area contributed by atoms with Crippen LogP contribution in [0.2, 0.25) is 0 Å². The number of carbonyl (C=O) groups is 2.